The average molecular weight is 331 g/mol. The van der Waals surface area contributed by atoms with E-state index in [9.17, 15) is 4.39 Å². The zero-order valence-electron chi connectivity index (χ0n) is 14.0. The summed E-state index contributed by atoms with van der Waals surface area (Å²) in [5.41, 5.74) is 4.47. The van der Waals surface area contributed by atoms with Crippen LogP contribution in [-0.2, 0) is 12.8 Å². The summed E-state index contributed by atoms with van der Waals surface area (Å²) >= 11 is 0. The van der Waals surface area contributed by atoms with Gasteiger partial charge in [-0.25, -0.2) is 4.39 Å². The van der Waals surface area contributed by atoms with Gasteiger partial charge in [-0.1, -0.05) is 42.5 Å². The molecule has 0 unspecified atom stereocenters. The van der Waals surface area contributed by atoms with Crippen molar-refractivity contribution in [2.75, 3.05) is 7.11 Å². The summed E-state index contributed by atoms with van der Waals surface area (Å²) in [6, 6.07) is 23.0. The van der Waals surface area contributed by atoms with Gasteiger partial charge >= 0.3 is 0 Å². The first-order valence-electron chi connectivity index (χ1n) is 8.11. The Morgan fingerprint density at radius 3 is 1.96 bits per heavy atom. The van der Waals surface area contributed by atoms with Gasteiger partial charge in [0.05, 0.1) is 12.7 Å². The van der Waals surface area contributed by atoms with Crippen LogP contribution >= 0.6 is 0 Å². The molecule has 0 saturated heterocycles. The summed E-state index contributed by atoms with van der Waals surface area (Å²) in [5, 5.41) is 8.77. The molecule has 0 saturated carbocycles. The molecule has 0 atom stereocenters. The van der Waals surface area contributed by atoms with Crippen LogP contribution in [0.4, 0.5) is 4.39 Å². The number of benzene rings is 3. The zero-order chi connectivity index (χ0) is 17.6. The minimum atomic E-state index is -0.449. The molecule has 0 radical (unpaired) electrons. The highest BCUT2D eigenvalue weighted by Gasteiger charge is 2.04. The minimum absolute atomic E-state index is 0.0904. The highest BCUT2D eigenvalue weighted by Crippen LogP contribution is 2.23. The Kier molecular flexibility index (Phi) is 5.11. The summed E-state index contributed by atoms with van der Waals surface area (Å²) in [7, 11) is 1.66. The molecule has 0 N–H and O–H groups in total. The smallest absolute Gasteiger partial charge is 0.141 e. The molecule has 0 amide bonds. The van der Waals surface area contributed by atoms with Crippen LogP contribution in [-0.4, -0.2) is 7.11 Å². The van der Waals surface area contributed by atoms with Crippen LogP contribution in [0, 0.1) is 17.1 Å². The molecule has 3 aromatic carbocycles. The van der Waals surface area contributed by atoms with Crippen molar-refractivity contribution in [1.82, 2.24) is 0 Å². The maximum absolute atomic E-state index is 13.6. The lowest BCUT2D eigenvalue weighted by Gasteiger charge is -2.06. The molecule has 3 rings (SSSR count). The van der Waals surface area contributed by atoms with Gasteiger partial charge in [0.2, 0.25) is 0 Å². The topological polar surface area (TPSA) is 33.0 Å². The Labute approximate surface area is 147 Å². The molecule has 0 aliphatic carbocycles. The van der Waals surface area contributed by atoms with Crippen LogP contribution in [0.2, 0.25) is 0 Å². The molecule has 0 fully saturated rings. The van der Waals surface area contributed by atoms with Gasteiger partial charge in [0.1, 0.15) is 17.6 Å². The van der Waals surface area contributed by atoms with Crippen molar-refractivity contribution in [2.45, 2.75) is 12.8 Å². The van der Waals surface area contributed by atoms with Gasteiger partial charge in [-0.05, 0) is 59.4 Å². The Balaban J connectivity index is 1.66. The lowest BCUT2D eigenvalue weighted by molar-refractivity contribution is 0.415. The maximum atomic E-state index is 13.6. The van der Waals surface area contributed by atoms with E-state index in [1.165, 1.54) is 17.7 Å². The first kappa shape index (κ1) is 16.7. The molecule has 3 aromatic rings. The standard InChI is InChI=1S/C22H18FNO/c1-25-21-12-10-19(11-13-21)18-7-4-16(5-8-18)2-3-17-6-9-20(15-24)22(23)14-17/h4-14H,2-3H2,1H3. The average Bonchev–Trinajstić information content (AvgIpc) is 2.67. The number of aryl methyl sites for hydroxylation is 2. The number of ether oxygens (including phenoxy) is 1. The number of rotatable bonds is 5. The quantitative estimate of drug-likeness (QED) is 0.647. The second-order valence-electron chi connectivity index (χ2n) is 5.85. The number of methoxy groups -OCH3 is 1. The molecule has 0 heterocycles. The van der Waals surface area contributed by atoms with Gasteiger partial charge in [0, 0.05) is 0 Å². The molecular weight excluding hydrogens is 313 g/mol. The lowest BCUT2D eigenvalue weighted by atomic mass is 10.00. The third kappa shape index (κ3) is 4.05. The van der Waals surface area contributed by atoms with Crippen LogP contribution in [0.1, 0.15) is 16.7 Å². The number of hydrogen-bond donors (Lipinski definition) is 0. The van der Waals surface area contributed by atoms with Gasteiger partial charge in [-0.3, -0.25) is 0 Å². The fraction of sp³-hybridized carbons (Fsp3) is 0.136. The van der Waals surface area contributed by atoms with Crippen LogP contribution in [0.3, 0.4) is 0 Å². The van der Waals surface area contributed by atoms with E-state index in [0.29, 0.717) is 0 Å². The second kappa shape index (κ2) is 7.63. The highest BCUT2D eigenvalue weighted by atomic mass is 19.1. The van der Waals surface area contributed by atoms with Crippen molar-refractivity contribution in [3.8, 4) is 22.9 Å². The largest absolute Gasteiger partial charge is 0.497 e. The Bertz CT molecular complexity index is 893. The van der Waals surface area contributed by atoms with Gasteiger partial charge in [0.15, 0.2) is 0 Å². The lowest BCUT2D eigenvalue weighted by Crippen LogP contribution is -1.94. The molecule has 0 aliphatic rings. The predicted octanol–water partition coefficient (Wildman–Crippen LogP) is 5.16. The van der Waals surface area contributed by atoms with Crippen molar-refractivity contribution >= 4 is 0 Å². The van der Waals surface area contributed by atoms with E-state index in [1.54, 1.807) is 7.11 Å². The van der Waals surface area contributed by atoms with Crippen LogP contribution in [0.5, 0.6) is 5.75 Å². The third-order valence-corrected chi connectivity index (χ3v) is 4.23. The summed E-state index contributed by atoms with van der Waals surface area (Å²) in [6.45, 7) is 0. The van der Waals surface area contributed by atoms with E-state index in [2.05, 4.69) is 24.3 Å². The van der Waals surface area contributed by atoms with Crippen LogP contribution in [0.15, 0.2) is 66.7 Å². The fourth-order valence-corrected chi connectivity index (χ4v) is 2.74. The molecule has 124 valence electrons. The summed E-state index contributed by atoms with van der Waals surface area (Å²) < 4.78 is 18.8. The van der Waals surface area contributed by atoms with E-state index in [4.69, 9.17) is 10.00 Å². The number of hydrogen-bond acceptors (Lipinski definition) is 2. The fourth-order valence-electron chi connectivity index (χ4n) is 2.74. The van der Waals surface area contributed by atoms with E-state index in [-0.39, 0.29) is 5.56 Å². The summed E-state index contributed by atoms with van der Waals surface area (Å²) in [6.07, 6.45) is 1.57. The molecule has 0 bridgehead atoms. The van der Waals surface area contributed by atoms with Gasteiger partial charge in [-0.15, -0.1) is 0 Å². The van der Waals surface area contributed by atoms with Crippen molar-refractivity contribution in [3.63, 3.8) is 0 Å². The highest BCUT2D eigenvalue weighted by molar-refractivity contribution is 5.64. The molecule has 3 heteroatoms. The first-order valence-corrected chi connectivity index (χ1v) is 8.11. The maximum Gasteiger partial charge on any atom is 0.141 e. The number of halogens is 1. The van der Waals surface area contributed by atoms with Crippen molar-refractivity contribution in [2.24, 2.45) is 0 Å². The number of nitrogens with zero attached hydrogens (tertiary/aromatic N) is 1. The molecule has 0 aromatic heterocycles. The third-order valence-electron chi connectivity index (χ3n) is 4.23. The van der Waals surface area contributed by atoms with Crippen LogP contribution in [0.25, 0.3) is 11.1 Å². The summed E-state index contributed by atoms with van der Waals surface area (Å²) in [5.74, 6) is 0.393. The normalized spacial score (nSPS) is 10.3. The summed E-state index contributed by atoms with van der Waals surface area (Å²) in [4.78, 5) is 0. The molecule has 2 nitrogen and oxygen atoms in total. The number of nitriles is 1. The second-order valence-corrected chi connectivity index (χ2v) is 5.85. The van der Waals surface area contributed by atoms with Gasteiger partial charge in [-0.2, -0.15) is 5.26 Å². The van der Waals surface area contributed by atoms with Crippen molar-refractivity contribution < 1.29 is 9.13 Å². The van der Waals surface area contributed by atoms with Gasteiger partial charge in [0.25, 0.3) is 0 Å². The minimum Gasteiger partial charge on any atom is -0.497 e. The Morgan fingerprint density at radius 1 is 0.840 bits per heavy atom. The monoisotopic (exact) mass is 331 g/mol. The predicted molar refractivity (Wildman–Crippen MR) is 97.0 cm³/mol. The first-order chi connectivity index (χ1) is 12.2. The van der Waals surface area contributed by atoms with E-state index < -0.39 is 5.82 Å². The molecular formula is C22H18FNO. The van der Waals surface area contributed by atoms with Crippen molar-refractivity contribution in [3.05, 3.63) is 89.2 Å². The zero-order valence-corrected chi connectivity index (χ0v) is 14.0. The van der Waals surface area contributed by atoms with E-state index in [1.807, 2.05) is 36.4 Å². The SMILES string of the molecule is COc1ccc(-c2ccc(CCc3ccc(C#N)c(F)c3)cc2)cc1. The molecule has 0 spiro atoms. The molecule has 0 aliphatic heterocycles. The molecule has 25 heavy (non-hydrogen) atoms. The van der Waals surface area contributed by atoms with Crippen molar-refractivity contribution in [1.29, 1.82) is 5.26 Å². The van der Waals surface area contributed by atoms with E-state index in [0.717, 1.165) is 35.3 Å². The Morgan fingerprint density at radius 2 is 1.40 bits per heavy atom. The Hall–Kier alpha value is -3.12. The van der Waals surface area contributed by atoms with E-state index >= 15 is 0 Å². The van der Waals surface area contributed by atoms with Crippen LogP contribution < -0.4 is 4.74 Å². The van der Waals surface area contributed by atoms with Gasteiger partial charge < -0.3 is 4.74 Å².